The first kappa shape index (κ1) is 18.1. The Morgan fingerprint density at radius 3 is 2.46 bits per heavy atom. The molecule has 0 aliphatic carbocycles. The van der Waals surface area contributed by atoms with E-state index in [1.165, 1.54) is 0 Å². The van der Waals surface area contributed by atoms with Crippen LogP contribution in [0.15, 0.2) is 48.5 Å². The smallest absolute Gasteiger partial charge is 0.256 e. The third kappa shape index (κ3) is 4.11. The minimum absolute atomic E-state index is 0.0109. The molecule has 5 nitrogen and oxygen atoms in total. The number of hydrogen-bond acceptors (Lipinski definition) is 3. The number of aryl methyl sites for hydroxylation is 1. The Balaban J connectivity index is 1.74. The van der Waals surface area contributed by atoms with Crippen molar-refractivity contribution < 1.29 is 9.59 Å². The lowest BCUT2D eigenvalue weighted by Crippen LogP contribution is -2.30. The molecule has 26 heavy (non-hydrogen) atoms. The zero-order valence-electron chi connectivity index (χ0n) is 15.1. The van der Waals surface area contributed by atoms with Gasteiger partial charge in [0, 0.05) is 25.6 Å². The first-order chi connectivity index (χ1) is 12.6. The van der Waals surface area contributed by atoms with E-state index >= 15 is 0 Å². The SMILES string of the molecule is Cc1cccc(NC(=O)CC(N)c2ccccc2)c1C(=O)N1CCCC1. The van der Waals surface area contributed by atoms with Crippen molar-refractivity contribution in [3.63, 3.8) is 0 Å². The number of nitrogens with one attached hydrogen (secondary N) is 1. The molecule has 5 heteroatoms. The van der Waals surface area contributed by atoms with Gasteiger partial charge in [-0.25, -0.2) is 0 Å². The second kappa shape index (κ2) is 8.15. The number of amides is 2. The highest BCUT2D eigenvalue weighted by molar-refractivity contribution is 6.05. The fraction of sp³-hybridized carbons (Fsp3) is 0.333. The molecule has 1 saturated heterocycles. The number of carbonyl (C=O) groups excluding carboxylic acids is 2. The van der Waals surface area contributed by atoms with Gasteiger partial charge in [0.2, 0.25) is 5.91 Å². The van der Waals surface area contributed by atoms with Crippen molar-refractivity contribution in [1.82, 2.24) is 4.90 Å². The van der Waals surface area contributed by atoms with Crippen molar-refractivity contribution in [2.75, 3.05) is 18.4 Å². The van der Waals surface area contributed by atoms with Crippen molar-refractivity contribution in [3.8, 4) is 0 Å². The Morgan fingerprint density at radius 1 is 1.08 bits per heavy atom. The number of nitrogens with two attached hydrogens (primary N) is 1. The van der Waals surface area contributed by atoms with E-state index in [9.17, 15) is 9.59 Å². The Hall–Kier alpha value is -2.66. The lowest BCUT2D eigenvalue weighted by molar-refractivity contribution is -0.116. The minimum Gasteiger partial charge on any atom is -0.339 e. The Kier molecular flexibility index (Phi) is 5.68. The maximum atomic E-state index is 12.9. The summed E-state index contributed by atoms with van der Waals surface area (Å²) in [5.41, 5.74) is 9.07. The molecule has 2 amide bonds. The van der Waals surface area contributed by atoms with Crippen molar-refractivity contribution in [2.45, 2.75) is 32.2 Å². The van der Waals surface area contributed by atoms with E-state index in [-0.39, 0.29) is 24.3 Å². The lowest BCUT2D eigenvalue weighted by atomic mass is 10.0. The quantitative estimate of drug-likeness (QED) is 0.868. The molecule has 0 aromatic heterocycles. The standard InChI is InChI=1S/C21H25N3O2/c1-15-8-7-11-18(20(15)21(26)24-12-5-6-13-24)23-19(25)14-17(22)16-9-3-2-4-10-16/h2-4,7-11,17H,5-6,12-14,22H2,1H3,(H,23,25). The molecule has 0 bridgehead atoms. The predicted octanol–water partition coefficient (Wildman–Crippen LogP) is 3.26. The molecule has 0 saturated carbocycles. The summed E-state index contributed by atoms with van der Waals surface area (Å²) in [4.78, 5) is 27.2. The summed E-state index contributed by atoms with van der Waals surface area (Å²) >= 11 is 0. The van der Waals surface area contributed by atoms with Gasteiger partial charge >= 0.3 is 0 Å². The number of rotatable bonds is 5. The number of benzene rings is 2. The molecular formula is C21H25N3O2. The van der Waals surface area contributed by atoms with Crippen LogP contribution in [0.2, 0.25) is 0 Å². The second-order valence-corrected chi connectivity index (χ2v) is 6.77. The van der Waals surface area contributed by atoms with Gasteiger partial charge in [0.1, 0.15) is 0 Å². The van der Waals surface area contributed by atoms with Crippen LogP contribution in [-0.2, 0) is 4.79 Å². The summed E-state index contributed by atoms with van der Waals surface area (Å²) in [6.07, 6.45) is 2.23. The molecule has 1 atom stereocenters. The van der Waals surface area contributed by atoms with E-state index in [4.69, 9.17) is 5.73 Å². The molecular weight excluding hydrogens is 326 g/mol. The van der Waals surface area contributed by atoms with E-state index in [0.29, 0.717) is 11.3 Å². The van der Waals surface area contributed by atoms with Crippen molar-refractivity contribution in [1.29, 1.82) is 0 Å². The van der Waals surface area contributed by atoms with Gasteiger partial charge in [-0.1, -0.05) is 42.5 Å². The average Bonchev–Trinajstić information content (AvgIpc) is 3.17. The first-order valence-corrected chi connectivity index (χ1v) is 9.05. The normalized spacial score (nSPS) is 14.9. The molecule has 1 fully saturated rings. The van der Waals surface area contributed by atoms with Gasteiger partial charge in [0.05, 0.1) is 11.3 Å². The fourth-order valence-corrected chi connectivity index (χ4v) is 3.35. The van der Waals surface area contributed by atoms with Crippen LogP contribution in [0.3, 0.4) is 0 Å². The van der Waals surface area contributed by atoms with Gasteiger partial charge in [-0.15, -0.1) is 0 Å². The topological polar surface area (TPSA) is 75.4 Å². The van der Waals surface area contributed by atoms with Crippen molar-refractivity contribution >= 4 is 17.5 Å². The highest BCUT2D eigenvalue weighted by atomic mass is 16.2. The largest absolute Gasteiger partial charge is 0.339 e. The highest BCUT2D eigenvalue weighted by Gasteiger charge is 2.24. The summed E-state index contributed by atoms with van der Waals surface area (Å²) in [5.74, 6) is -0.203. The van der Waals surface area contributed by atoms with Gasteiger partial charge < -0.3 is 16.0 Å². The molecule has 1 aliphatic heterocycles. The van der Waals surface area contributed by atoms with E-state index in [1.807, 2.05) is 54.3 Å². The van der Waals surface area contributed by atoms with E-state index in [0.717, 1.165) is 37.1 Å². The number of nitrogens with zero attached hydrogens (tertiary/aromatic N) is 1. The Labute approximate surface area is 154 Å². The molecule has 3 rings (SSSR count). The van der Waals surface area contributed by atoms with Gasteiger partial charge in [-0.3, -0.25) is 9.59 Å². The number of anilines is 1. The van der Waals surface area contributed by atoms with E-state index < -0.39 is 0 Å². The molecule has 0 spiro atoms. The molecule has 136 valence electrons. The fourth-order valence-electron chi connectivity index (χ4n) is 3.35. The zero-order valence-corrected chi connectivity index (χ0v) is 15.1. The second-order valence-electron chi connectivity index (χ2n) is 6.77. The van der Waals surface area contributed by atoms with Gasteiger partial charge in [-0.05, 0) is 37.0 Å². The van der Waals surface area contributed by atoms with Crippen LogP contribution in [0.1, 0.15) is 46.8 Å². The first-order valence-electron chi connectivity index (χ1n) is 9.05. The van der Waals surface area contributed by atoms with E-state index in [2.05, 4.69) is 5.32 Å². The maximum absolute atomic E-state index is 12.9. The Bertz CT molecular complexity index is 783. The van der Waals surface area contributed by atoms with Crippen LogP contribution in [0.4, 0.5) is 5.69 Å². The molecule has 1 unspecified atom stereocenters. The molecule has 0 radical (unpaired) electrons. The summed E-state index contributed by atoms with van der Waals surface area (Å²) < 4.78 is 0. The van der Waals surface area contributed by atoms with Gasteiger partial charge in [-0.2, -0.15) is 0 Å². The van der Waals surface area contributed by atoms with Crippen LogP contribution in [0, 0.1) is 6.92 Å². The zero-order chi connectivity index (χ0) is 18.5. The van der Waals surface area contributed by atoms with Crippen LogP contribution in [-0.4, -0.2) is 29.8 Å². The molecule has 3 N–H and O–H groups in total. The predicted molar refractivity (Wildman–Crippen MR) is 103 cm³/mol. The molecule has 1 heterocycles. The average molecular weight is 351 g/mol. The lowest BCUT2D eigenvalue weighted by Gasteiger charge is -2.20. The molecule has 2 aromatic carbocycles. The van der Waals surface area contributed by atoms with Gasteiger partial charge in [0.15, 0.2) is 0 Å². The van der Waals surface area contributed by atoms with E-state index in [1.54, 1.807) is 6.07 Å². The maximum Gasteiger partial charge on any atom is 0.256 e. The van der Waals surface area contributed by atoms with Crippen LogP contribution in [0.5, 0.6) is 0 Å². The summed E-state index contributed by atoms with van der Waals surface area (Å²) in [6.45, 7) is 3.45. The number of hydrogen-bond donors (Lipinski definition) is 2. The summed E-state index contributed by atoms with van der Waals surface area (Å²) in [5, 5.41) is 2.89. The van der Waals surface area contributed by atoms with Crippen molar-refractivity contribution in [3.05, 3.63) is 65.2 Å². The summed E-state index contributed by atoms with van der Waals surface area (Å²) in [7, 11) is 0. The highest BCUT2D eigenvalue weighted by Crippen LogP contribution is 2.24. The number of likely N-dealkylation sites (tertiary alicyclic amines) is 1. The third-order valence-electron chi connectivity index (χ3n) is 4.79. The van der Waals surface area contributed by atoms with Crippen LogP contribution < -0.4 is 11.1 Å². The third-order valence-corrected chi connectivity index (χ3v) is 4.79. The Morgan fingerprint density at radius 2 is 1.77 bits per heavy atom. The monoisotopic (exact) mass is 351 g/mol. The van der Waals surface area contributed by atoms with Crippen molar-refractivity contribution in [2.24, 2.45) is 5.73 Å². The number of carbonyl (C=O) groups is 2. The van der Waals surface area contributed by atoms with Crippen LogP contribution in [0.25, 0.3) is 0 Å². The summed E-state index contributed by atoms with van der Waals surface area (Å²) in [6, 6.07) is 14.7. The van der Waals surface area contributed by atoms with Gasteiger partial charge in [0.25, 0.3) is 5.91 Å². The minimum atomic E-state index is -0.376. The van der Waals surface area contributed by atoms with Crippen LogP contribution >= 0.6 is 0 Å². The molecule has 2 aromatic rings. The molecule has 1 aliphatic rings.